The quantitative estimate of drug-likeness (QED) is 0.874. The highest BCUT2D eigenvalue weighted by atomic mass is 19.2. The maximum atomic E-state index is 13.6. The lowest BCUT2D eigenvalue weighted by atomic mass is 9.97. The van der Waals surface area contributed by atoms with Gasteiger partial charge in [-0.25, -0.2) is 8.78 Å². The molecular weight excluding hydrogens is 304 g/mol. The Morgan fingerprint density at radius 3 is 2.74 bits per heavy atom. The molecule has 1 amide bonds. The minimum atomic E-state index is -0.910. The lowest BCUT2D eigenvalue weighted by Crippen LogP contribution is -2.44. The number of aryl methyl sites for hydroxylation is 1. The van der Waals surface area contributed by atoms with Crippen LogP contribution in [0.2, 0.25) is 0 Å². The highest BCUT2D eigenvalue weighted by Crippen LogP contribution is 2.22. The van der Waals surface area contributed by atoms with Crippen LogP contribution in [-0.4, -0.2) is 34.5 Å². The average Bonchev–Trinajstić information content (AvgIpc) is 2.54. The molecule has 1 N–H and O–H groups in total. The molecule has 1 atom stereocenters. The van der Waals surface area contributed by atoms with Gasteiger partial charge in [0.15, 0.2) is 11.6 Å². The lowest BCUT2D eigenvalue weighted by molar-refractivity contribution is -0.140. The van der Waals surface area contributed by atoms with E-state index in [0.717, 1.165) is 25.3 Å². The van der Waals surface area contributed by atoms with Gasteiger partial charge in [0.25, 0.3) is 0 Å². The van der Waals surface area contributed by atoms with Crippen LogP contribution in [0.5, 0.6) is 0 Å². The second kappa shape index (κ2) is 8.04. The number of amides is 1. The van der Waals surface area contributed by atoms with Crippen molar-refractivity contribution in [3.05, 3.63) is 35.4 Å². The summed E-state index contributed by atoms with van der Waals surface area (Å²) in [6.07, 6.45) is 3.39. The van der Waals surface area contributed by atoms with Crippen LogP contribution in [-0.2, 0) is 16.0 Å². The first-order chi connectivity index (χ1) is 11.0. The number of hydrogen-bond acceptors (Lipinski definition) is 2. The fraction of sp³-hybridized carbons (Fsp3) is 0.529. The molecule has 1 unspecified atom stereocenters. The molecule has 1 aliphatic heterocycles. The minimum absolute atomic E-state index is 0.0347. The zero-order valence-corrected chi connectivity index (χ0v) is 12.9. The molecule has 1 aliphatic rings. The van der Waals surface area contributed by atoms with Crippen LogP contribution >= 0.6 is 0 Å². The molecule has 23 heavy (non-hydrogen) atoms. The lowest BCUT2D eigenvalue weighted by Gasteiger charge is -2.35. The van der Waals surface area contributed by atoms with Gasteiger partial charge in [-0.3, -0.25) is 9.59 Å². The maximum absolute atomic E-state index is 13.6. The molecule has 6 heteroatoms. The van der Waals surface area contributed by atoms with E-state index in [1.807, 2.05) is 0 Å². The molecule has 0 bridgehead atoms. The van der Waals surface area contributed by atoms with E-state index in [4.69, 9.17) is 5.11 Å². The van der Waals surface area contributed by atoms with Crippen molar-refractivity contribution in [2.24, 2.45) is 0 Å². The normalized spacial score (nSPS) is 18.0. The van der Waals surface area contributed by atoms with Gasteiger partial charge in [-0.2, -0.15) is 0 Å². The summed E-state index contributed by atoms with van der Waals surface area (Å²) in [6.45, 7) is 0.606. The van der Waals surface area contributed by atoms with Crippen molar-refractivity contribution in [1.29, 1.82) is 0 Å². The topological polar surface area (TPSA) is 57.6 Å². The number of carbonyl (C=O) groups is 2. The summed E-state index contributed by atoms with van der Waals surface area (Å²) in [7, 11) is 0. The van der Waals surface area contributed by atoms with Crippen LogP contribution in [0.25, 0.3) is 0 Å². The van der Waals surface area contributed by atoms with E-state index in [1.54, 1.807) is 4.90 Å². The van der Waals surface area contributed by atoms with Crippen molar-refractivity contribution in [3.63, 3.8) is 0 Å². The predicted molar refractivity (Wildman–Crippen MR) is 80.9 cm³/mol. The second-order valence-corrected chi connectivity index (χ2v) is 5.88. The third kappa shape index (κ3) is 4.74. The number of rotatable bonds is 6. The van der Waals surface area contributed by atoms with Gasteiger partial charge in [0.05, 0.1) is 0 Å². The zero-order valence-electron chi connectivity index (χ0n) is 12.9. The Morgan fingerprint density at radius 2 is 2.00 bits per heavy atom. The predicted octanol–water partition coefficient (Wildman–Crippen LogP) is 3.14. The molecule has 0 aliphatic carbocycles. The van der Waals surface area contributed by atoms with Gasteiger partial charge in [-0.1, -0.05) is 12.1 Å². The first-order valence-electron chi connectivity index (χ1n) is 7.93. The van der Waals surface area contributed by atoms with Gasteiger partial charge >= 0.3 is 5.97 Å². The third-order valence-electron chi connectivity index (χ3n) is 4.28. The van der Waals surface area contributed by atoms with Crippen LogP contribution in [0.1, 0.15) is 44.1 Å². The Kier molecular flexibility index (Phi) is 6.07. The maximum Gasteiger partial charge on any atom is 0.303 e. The summed E-state index contributed by atoms with van der Waals surface area (Å²) in [5.41, 5.74) is 0.192. The number of hydrogen-bond donors (Lipinski definition) is 1. The van der Waals surface area contributed by atoms with Crippen molar-refractivity contribution in [2.75, 3.05) is 6.54 Å². The van der Waals surface area contributed by atoms with E-state index in [2.05, 4.69) is 0 Å². The number of piperidine rings is 1. The van der Waals surface area contributed by atoms with Crippen molar-refractivity contribution in [3.8, 4) is 0 Å². The first-order valence-corrected chi connectivity index (χ1v) is 7.93. The molecule has 0 radical (unpaired) electrons. The van der Waals surface area contributed by atoms with E-state index in [0.29, 0.717) is 13.0 Å². The molecule has 1 fully saturated rings. The van der Waals surface area contributed by atoms with Crippen molar-refractivity contribution in [1.82, 2.24) is 4.90 Å². The Hall–Kier alpha value is -1.98. The van der Waals surface area contributed by atoms with Gasteiger partial charge in [0.2, 0.25) is 5.91 Å². The smallest absolute Gasteiger partial charge is 0.303 e. The van der Waals surface area contributed by atoms with Gasteiger partial charge in [0, 0.05) is 25.4 Å². The molecule has 0 spiro atoms. The Balaban J connectivity index is 1.94. The molecule has 1 saturated heterocycles. The second-order valence-electron chi connectivity index (χ2n) is 5.88. The summed E-state index contributed by atoms with van der Waals surface area (Å²) in [5, 5.41) is 8.80. The van der Waals surface area contributed by atoms with Crippen LogP contribution in [0.3, 0.4) is 0 Å². The Bertz CT molecular complexity index is 577. The molecule has 1 heterocycles. The van der Waals surface area contributed by atoms with E-state index >= 15 is 0 Å². The van der Waals surface area contributed by atoms with Gasteiger partial charge in [0.1, 0.15) is 0 Å². The highest BCUT2D eigenvalue weighted by molar-refractivity contribution is 5.77. The summed E-state index contributed by atoms with van der Waals surface area (Å²) in [5.74, 6) is -2.80. The monoisotopic (exact) mass is 325 g/mol. The summed E-state index contributed by atoms with van der Waals surface area (Å²) >= 11 is 0. The molecule has 4 nitrogen and oxygen atoms in total. The van der Waals surface area contributed by atoms with Crippen molar-refractivity contribution >= 4 is 11.9 Å². The van der Waals surface area contributed by atoms with E-state index in [9.17, 15) is 18.4 Å². The molecule has 0 saturated carbocycles. The summed E-state index contributed by atoms with van der Waals surface area (Å²) in [4.78, 5) is 24.8. The summed E-state index contributed by atoms with van der Waals surface area (Å²) in [6, 6.07) is 3.89. The fourth-order valence-electron chi connectivity index (χ4n) is 3.05. The number of nitrogens with zero attached hydrogens (tertiary/aromatic N) is 1. The average molecular weight is 325 g/mol. The number of benzene rings is 1. The fourth-order valence-corrected chi connectivity index (χ4v) is 3.05. The number of likely N-dealkylation sites (tertiary alicyclic amines) is 1. The number of carboxylic acid groups (broad SMARTS) is 1. The van der Waals surface area contributed by atoms with Crippen LogP contribution < -0.4 is 0 Å². The number of carbonyl (C=O) groups excluding carboxylic acids is 1. The highest BCUT2D eigenvalue weighted by Gasteiger charge is 2.26. The van der Waals surface area contributed by atoms with Gasteiger partial charge < -0.3 is 10.0 Å². The third-order valence-corrected chi connectivity index (χ3v) is 4.28. The van der Waals surface area contributed by atoms with Crippen LogP contribution in [0.4, 0.5) is 8.78 Å². The van der Waals surface area contributed by atoms with Gasteiger partial charge in [-0.15, -0.1) is 0 Å². The molecule has 1 aromatic carbocycles. The largest absolute Gasteiger partial charge is 0.481 e. The molecular formula is C17H21F2NO3. The minimum Gasteiger partial charge on any atom is -0.481 e. The molecule has 2 rings (SSSR count). The van der Waals surface area contributed by atoms with Crippen LogP contribution in [0.15, 0.2) is 18.2 Å². The molecule has 126 valence electrons. The van der Waals surface area contributed by atoms with Gasteiger partial charge in [-0.05, 0) is 43.7 Å². The molecule has 0 aromatic heterocycles. The first kappa shape index (κ1) is 17.4. The zero-order chi connectivity index (χ0) is 16.8. The number of aliphatic carboxylic acids is 1. The van der Waals surface area contributed by atoms with E-state index in [1.165, 1.54) is 12.1 Å². The van der Waals surface area contributed by atoms with E-state index < -0.39 is 17.6 Å². The Morgan fingerprint density at radius 1 is 1.22 bits per heavy atom. The Labute approximate surface area is 134 Å². The number of halogens is 2. The van der Waals surface area contributed by atoms with Crippen molar-refractivity contribution < 1.29 is 23.5 Å². The number of carboxylic acids is 1. The van der Waals surface area contributed by atoms with E-state index in [-0.39, 0.29) is 36.8 Å². The SMILES string of the molecule is O=C(O)CCC1CCCCN1C(=O)CCc1cccc(F)c1F. The summed E-state index contributed by atoms with van der Waals surface area (Å²) < 4.78 is 26.8. The van der Waals surface area contributed by atoms with Crippen molar-refractivity contribution in [2.45, 2.75) is 51.0 Å². The molecule has 1 aromatic rings. The van der Waals surface area contributed by atoms with Crippen LogP contribution in [0, 0.1) is 11.6 Å². The standard InChI is InChI=1S/C17H21F2NO3/c18-14-6-3-4-12(17(14)19)7-9-15(21)20-11-2-1-5-13(20)8-10-16(22)23/h3-4,6,13H,1-2,5,7-11H2,(H,22,23).